The summed E-state index contributed by atoms with van der Waals surface area (Å²) in [5.41, 5.74) is 7.78. The van der Waals surface area contributed by atoms with Gasteiger partial charge in [-0.1, -0.05) is 36.8 Å². The molecule has 1 saturated heterocycles. The summed E-state index contributed by atoms with van der Waals surface area (Å²) in [5, 5.41) is 0. The predicted molar refractivity (Wildman–Crippen MR) is 84.6 cm³/mol. The van der Waals surface area contributed by atoms with Crippen molar-refractivity contribution < 1.29 is 0 Å². The summed E-state index contributed by atoms with van der Waals surface area (Å²) in [4.78, 5) is 2.70. The van der Waals surface area contributed by atoms with E-state index < -0.39 is 0 Å². The third-order valence-electron chi connectivity index (χ3n) is 5.72. The molecule has 0 amide bonds. The van der Waals surface area contributed by atoms with Crippen molar-refractivity contribution in [2.24, 2.45) is 17.6 Å². The van der Waals surface area contributed by atoms with E-state index in [1.165, 1.54) is 44.3 Å². The molecule has 1 saturated carbocycles. The lowest BCUT2D eigenvalue weighted by Gasteiger charge is -2.39. The van der Waals surface area contributed by atoms with Gasteiger partial charge >= 0.3 is 0 Å². The van der Waals surface area contributed by atoms with E-state index in [9.17, 15) is 0 Å². The predicted octanol–water partition coefficient (Wildman–Crippen LogP) is 3.07. The fourth-order valence-electron chi connectivity index (χ4n) is 4.12. The maximum atomic E-state index is 6.16. The molecule has 1 aromatic carbocycles. The summed E-state index contributed by atoms with van der Waals surface area (Å²) < 4.78 is 0. The highest BCUT2D eigenvalue weighted by molar-refractivity contribution is 5.15. The fourth-order valence-corrected chi connectivity index (χ4v) is 4.12. The van der Waals surface area contributed by atoms with Gasteiger partial charge in [0.15, 0.2) is 0 Å². The standard InChI is InChI=1S/C18H28N2/c1-18(14-19,11-10-15-6-3-2-4-7-15)20-12-16-8-5-9-17(16)13-20/h2-4,6-7,16-17H,5,8-14,19H2,1H3. The summed E-state index contributed by atoms with van der Waals surface area (Å²) in [6.07, 6.45) is 6.65. The van der Waals surface area contributed by atoms with Gasteiger partial charge < -0.3 is 5.73 Å². The van der Waals surface area contributed by atoms with E-state index in [0.717, 1.165) is 24.8 Å². The SMILES string of the molecule is CC(CN)(CCc1ccccc1)N1CC2CCCC2C1. The highest BCUT2D eigenvalue weighted by Gasteiger charge is 2.42. The monoisotopic (exact) mass is 272 g/mol. The second kappa shape index (κ2) is 5.87. The van der Waals surface area contributed by atoms with Crippen LogP contribution < -0.4 is 5.73 Å². The van der Waals surface area contributed by atoms with Crippen LogP contribution in [0.15, 0.2) is 30.3 Å². The van der Waals surface area contributed by atoms with Crippen LogP contribution in [0.25, 0.3) is 0 Å². The van der Waals surface area contributed by atoms with Crippen LogP contribution in [0.4, 0.5) is 0 Å². The van der Waals surface area contributed by atoms with Crippen molar-refractivity contribution in [1.82, 2.24) is 4.90 Å². The van der Waals surface area contributed by atoms with E-state index in [4.69, 9.17) is 5.73 Å². The van der Waals surface area contributed by atoms with Gasteiger partial charge in [-0.2, -0.15) is 0 Å². The van der Waals surface area contributed by atoms with Crippen molar-refractivity contribution >= 4 is 0 Å². The summed E-state index contributed by atoms with van der Waals surface area (Å²) in [5.74, 6) is 1.91. The second-order valence-corrected chi connectivity index (χ2v) is 7.04. The number of nitrogens with zero attached hydrogens (tertiary/aromatic N) is 1. The minimum absolute atomic E-state index is 0.181. The number of hydrogen-bond donors (Lipinski definition) is 1. The summed E-state index contributed by atoms with van der Waals surface area (Å²) in [7, 11) is 0. The molecule has 2 heteroatoms. The molecule has 1 aliphatic heterocycles. The Kier molecular flexibility index (Phi) is 4.13. The van der Waals surface area contributed by atoms with Gasteiger partial charge in [-0.3, -0.25) is 4.90 Å². The van der Waals surface area contributed by atoms with Crippen LogP contribution >= 0.6 is 0 Å². The lowest BCUT2D eigenvalue weighted by molar-refractivity contribution is 0.121. The topological polar surface area (TPSA) is 29.3 Å². The largest absolute Gasteiger partial charge is 0.329 e. The van der Waals surface area contributed by atoms with E-state index in [1.54, 1.807) is 0 Å². The Labute approximate surface area is 123 Å². The smallest absolute Gasteiger partial charge is 0.0307 e. The number of rotatable bonds is 5. The van der Waals surface area contributed by atoms with E-state index in [-0.39, 0.29) is 5.54 Å². The molecule has 2 N–H and O–H groups in total. The van der Waals surface area contributed by atoms with Gasteiger partial charge in [0.2, 0.25) is 0 Å². The molecule has 2 aliphatic rings. The van der Waals surface area contributed by atoms with Crippen molar-refractivity contribution in [2.75, 3.05) is 19.6 Å². The van der Waals surface area contributed by atoms with Crippen LogP contribution in [-0.2, 0) is 6.42 Å². The van der Waals surface area contributed by atoms with Gasteiger partial charge in [-0.25, -0.2) is 0 Å². The number of hydrogen-bond acceptors (Lipinski definition) is 2. The van der Waals surface area contributed by atoms with Crippen LogP contribution in [0, 0.1) is 11.8 Å². The molecule has 20 heavy (non-hydrogen) atoms. The number of likely N-dealkylation sites (tertiary alicyclic amines) is 1. The van der Waals surface area contributed by atoms with Crippen molar-refractivity contribution in [3.8, 4) is 0 Å². The number of fused-ring (bicyclic) bond motifs is 1. The van der Waals surface area contributed by atoms with E-state index in [1.807, 2.05) is 0 Å². The van der Waals surface area contributed by atoms with Gasteiger partial charge in [-0.15, -0.1) is 0 Å². The zero-order valence-corrected chi connectivity index (χ0v) is 12.7. The highest BCUT2D eigenvalue weighted by atomic mass is 15.2. The van der Waals surface area contributed by atoms with Gasteiger partial charge in [0.25, 0.3) is 0 Å². The van der Waals surface area contributed by atoms with Gasteiger partial charge in [0.05, 0.1) is 0 Å². The normalized spacial score (nSPS) is 29.3. The molecular weight excluding hydrogens is 244 g/mol. The first kappa shape index (κ1) is 14.1. The molecule has 3 rings (SSSR count). The molecule has 2 nitrogen and oxygen atoms in total. The van der Waals surface area contributed by atoms with Crippen molar-refractivity contribution in [3.05, 3.63) is 35.9 Å². The van der Waals surface area contributed by atoms with Crippen LogP contribution in [0.2, 0.25) is 0 Å². The number of nitrogens with two attached hydrogens (primary N) is 1. The molecule has 2 fully saturated rings. The zero-order chi connectivity index (χ0) is 14.0. The highest BCUT2D eigenvalue weighted by Crippen LogP contribution is 2.41. The second-order valence-electron chi connectivity index (χ2n) is 7.04. The first-order chi connectivity index (χ1) is 9.71. The van der Waals surface area contributed by atoms with Gasteiger partial charge in [-0.05, 0) is 50.0 Å². The molecular formula is C18H28N2. The Morgan fingerprint density at radius 2 is 1.80 bits per heavy atom. The zero-order valence-electron chi connectivity index (χ0n) is 12.7. The Balaban J connectivity index is 1.62. The van der Waals surface area contributed by atoms with E-state index in [0.29, 0.717) is 0 Å². The summed E-state index contributed by atoms with van der Waals surface area (Å²) in [6, 6.07) is 10.8. The molecule has 3 atom stereocenters. The molecule has 1 aromatic rings. The van der Waals surface area contributed by atoms with Gasteiger partial charge in [0, 0.05) is 25.2 Å². The lowest BCUT2D eigenvalue weighted by atomic mass is 9.91. The first-order valence-corrected chi connectivity index (χ1v) is 8.20. The Morgan fingerprint density at radius 1 is 1.15 bits per heavy atom. The van der Waals surface area contributed by atoms with E-state index >= 15 is 0 Å². The quantitative estimate of drug-likeness (QED) is 0.892. The average molecular weight is 272 g/mol. The molecule has 0 spiro atoms. The molecule has 3 unspecified atom stereocenters. The minimum Gasteiger partial charge on any atom is -0.329 e. The maximum Gasteiger partial charge on any atom is 0.0307 e. The molecule has 1 aliphatic carbocycles. The third-order valence-corrected chi connectivity index (χ3v) is 5.72. The third kappa shape index (κ3) is 2.77. The van der Waals surface area contributed by atoms with E-state index in [2.05, 4.69) is 42.2 Å². The molecule has 110 valence electrons. The Bertz CT molecular complexity index is 418. The van der Waals surface area contributed by atoms with Crippen LogP contribution in [0.1, 0.15) is 38.2 Å². The average Bonchev–Trinajstić information content (AvgIpc) is 3.07. The van der Waals surface area contributed by atoms with Crippen molar-refractivity contribution in [1.29, 1.82) is 0 Å². The van der Waals surface area contributed by atoms with Crippen LogP contribution in [0.3, 0.4) is 0 Å². The summed E-state index contributed by atoms with van der Waals surface area (Å²) >= 11 is 0. The number of benzene rings is 1. The van der Waals surface area contributed by atoms with Crippen LogP contribution in [-0.4, -0.2) is 30.1 Å². The Morgan fingerprint density at radius 3 is 2.40 bits per heavy atom. The number of aryl methyl sites for hydroxylation is 1. The lowest BCUT2D eigenvalue weighted by Crippen LogP contribution is -2.51. The summed E-state index contributed by atoms with van der Waals surface area (Å²) in [6.45, 7) is 5.72. The first-order valence-electron chi connectivity index (χ1n) is 8.20. The molecule has 0 radical (unpaired) electrons. The maximum absolute atomic E-state index is 6.16. The van der Waals surface area contributed by atoms with Crippen molar-refractivity contribution in [2.45, 2.75) is 44.6 Å². The van der Waals surface area contributed by atoms with Crippen LogP contribution in [0.5, 0.6) is 0 Å². The molecule has 1 heterocycles. The van der Waals surface area contributed by atoms with Crippen molar-refractivity contribution in [3.63, 3.8) is 0 Å². The fraction of sp³-hybridized carbons (Fsp3) is 0.667. The molecule has 0 bridgehead atoms. The Hall–Kier alpha value is -0.860. The molecule has 0 aromatic heterocycles. The minimum atomic E-state index is 0.181. The van der Waals surface area contributed by atoms with Gasteiger partial charge in [0.1, 0.15) is 0 Å².